The van der Waals surface area contributed by atoms with Crippen molar-refractivity contribution < 1.29 is 20.1 Å². The number of amides is 2. The van der Waals surface area contributed by atoms with Gasteiger partial charge >= 0.3 is 6.03 Å². The molecule has 5 rings (SSSR count). The number of aromatic hydroxyl groups is 2. The first kappa shape index (κ1) is 32.0. The molecule has 2 unspecified atom stereocenters. The van der Waals surface area contributed by atoms with Crippen LogP contribution in [0.4, 0.5) is 4.79 Å². The fourth-order valence-corrected chi connectivity index (χ4v) is 4.94. The molecule has 0 radical (unpaired) electrons. The van der Waals surface area contributed by atoms with Crippen molar-refractivity contribution in [3.63, 3.8) is 0 Å². The highest BCUT2D eigenvalue weighted by atomic mass is 16.3. The number of benzene rings is 2. The Morgan fingerprint density at radius 2 is 1.72 bits per heavy atom. The van der Waals surface area contributed by atoms with Crippen LogP contribution in [0.25, 0.3) is 0 Å². The highest BCUT2D eigenvalue weighted by Crippen LogP contribution is 2.43. The van der Waals surface area contributed by atoms with Crippen LogP contribution in [-0.4, -0.2) is 51.5 Å². The van der Waals surface area contributed by atoms with Gasteiger partial charge in [-0.3, -0.25) is 0 Å². The summed E-state index contributed by atoms with van der Waals surface area (Å²) in [6, 6.07) is 14.6. The molecule has 5 N–H and O–H groups in total. The van der Waals surface area contributed by atoms with Crippen molar-refractivity contribution in [1.82, 2.24) is 15.5 Å². The van der Waals surface area contributed by atoms with Crippen LogP contribution in [0.3, 0.4) is 0 Å². The average Bonchev–Trinajstić information content (AvgIpc) is 3.78. The first-order valence-electron chi connectivity index (χ1n) is 14.4. The molecule has 0 aromatic heterocycles. The minimum atomic E-state index is -0.443. The van der Waals surface area contributed by atoms with Gasteiger partial charge in [0.15, 0.2) is 11.5 Å². The molecule has 3 aliphatic rings. The average molecular weight is 540 g/mol. The van der Waals surface area contributed by atoms with Gasteiger partial charge in [-0.2, -0.15) is 0 Å². The fourth-order valence-electron chi connectivity index (χ4n) is 4.94. The number of phenolic OH excluding ortho intramolecular Hbond substituents is 2. The van der Waals surface area contributed by atoms with Gasteiger partial charge in [0, 0.05) is 26.1 Å². The van der Waals surface area contributed by atoms with Gasteiger partial charge in [-0.15, -0.1) is 0 Å². The summed E-state index contributed by atoms with van der Waals surface area (Å²) in [6.07, 6.45) is 11.9. The van der Waals surface area contributed by atoms with E-state index in [1.807, 2.05) is 51.1 Å². The Bertz CT molecular complexity index is 1030. The maximum atomic E-state index is 10.9. The number of hydrogen-bond acceptors (Lipinski definition) is 5. The molecule has 1 heterocycles. The zero-order valence-electron chi connectivity index (χ0n) is 24.4. The Balaban J connectivity index is 0.000000207. The highest BCUT2D eigenvalue weighted by Gasteiger charge is 2.46. The van der Waals surface area contributed by atoms with Gasteiger partial charge in [-0.25, -0.2) is 4.79 Å². The molecule has 0 saturated heterocycles. The first-order valence-corrected chi connectivity index (χ1v) is 14.4. The number of nitrogens with zero attached hydrogens (tertiary/aromatic N) is 1. The zero-order chi connectivity index (χ0) is 28.8. The van der Waals surface area contributed by atoms with Crippen molar-refractivity contribution in [3.05, 3.63) is 71.9 Å². The SMILES string of the molecule is CC.CNC(=O)NCc1ccccc1.C[C@H]1N(CC2CC2)C=CC2CCCCC21O.Cc1ccc(O)c(O)c1. The quantitative estimate of drug-likeness (QED) is 0.303. The van der Waals surface area contributed by atoms with E-state index in [2.05, 4.69) is 34.7 Å². The fraction of sp³-hybridized carbons (Fsp3) is 0.531. The van der Waals surface area contributed by atoms with Crippen molar-refractivity contribution in [3.8, 4) is 11.5 Å². The van der Waals surface area contributed by atoms with Crippen LogP contribution >= 0.6 is 0 Å². The summed E-state index contributed by atoms with van der Waals surface area (Å²) in [5.41, 5.74) is 1.59. The lowest BCUT2D eigenvalue weighted by atomic mass is 9.69. The predicted octanol–water partition coefficient (Wildman–Crippen LogP) is 6.08. The normalized spacial score (nSPS) is 22.9. The van der Waals surface area contributed by atoms with Crippen molar-refractivity contribution in [2.45, 2.75) is 84.4 Å². The Kier molecular flexibility index (Phi) is 13.2. The largest absolute Gasteiger partial charge is 0.504 e. The molecule has 2 amide bonds. The summed E-state index contributed by atoms with van der Waals surface area (Å²) in [4.78, 5) is 13.2. The van der Waals surface area contributed by atoms with E-state index in [1.165, 1.54) is 44.2 Å². The maximum absolute atomic E-state index is 10.9. The zero-order valence-corrected chi connectivity index (χ0v) is 24.4. The molecule has 39 heavy (non-hydrogen) atoms. The van der Waals surface area contributed by atoms with E-state index < -0.39 is 5.60 Å². The smallest absolute Gasteiger partial charge is 0.314 e. The molecule has 2 saturated carbocycles. The molecule has 0 spiro atoms. The lowest BCUT2D eigenvalue weighted by molar-refractivity contribution is -0.0918. The van der Waals surface area contributed by atoms with Gasteiger partial charge in [0.1, 0.15) is 0 Å². The first-order chi connectivity index (χ1) is 18.7. The highest BCUT2D eigenvalue weighted by molar-refractivity contribution is 5.73. The van der Waals surface area contributed by atoms with E-state index in [4.69, 9.17) is 10.2 Å². The topological polar surface area (TPSA) is 105 Å². The number of nitrogens with one attached hydrogen (secondary N) is 2. The number of carbonyl (C=O) groups excluding carboxylic acids is 1. The third-order valence-electron chi connectivity index (χ3n) is 7.54. The van der Waals surface area contributed by atoms with Crippen LogP contribution in [0, 0.1) is 18.8 Å². The molecule has 7 nitrogen and oxygen atoms in total. The van der Waals surface area contributed by atoms with Crippen LogP contribution in [0.1, 0.15) is 70.4 Å². The maximum Gasteiger partial charge on any atom is 0.314 e. The van der Waals surface area contributed by atoms with Crippen LogP contribution in [0.5, 0.6) is 11.5 Å². The lowest BCUT2D eigenvalue weighted by Crippen LogP contribution is -2.57. The second-order valence-electron chi connectivity index (χ2n) is 10.4. The molecule has 1 aliphatic heterocycles. The molecular weight excluding hydrogens is 490 g/mol. The monoisotopic (exact) mass is 539 g/mol. The molecule has 2 aliphatic carbocycles. The molecule has 7 heteroatoms. The van der Waals surface area contributed by atoms with Crippen molar-refractivity contribution in [1.29, 1.82) is 0 Å². The summed E-state index contributed by atoms with van der Waals surface area (Å²) in [7, 11) is 1.60. The van der Waals surface area contributed by atoms with Gasteiger partial charge in [0.2, 0.25) is 0 Å². The molecule has 3 atom stereocenters. The van der Waals surface area contributed by atoms with E-state index in [1.54, 1.807) is 13.1 Å². The van der Waals surface area contributed by atoms with E-state index in [9.17, 15) is 9.90 Å². The van der Waals surface area contributed by atoms with Gasteiger partial charge in [-0.05, 0) is 74.9 Å². The predicted molar refractivity (Wildman–Crippen MR) is 159 cm³/mol. The lowest BCUT2D eigenvalue weighted by Gasteiger charge is -2.50. The summed E-state index contributed by atoms with van der Waals surface area (Å²) in [5, 5.41) is 33.7. The summed E-state index contributed by atoms with van der Waals surface area (Å²) in [6.45, 7) is 9.79. The van der Waals surface area contributed by atoms with E-state index in [0.29, 0.717) is 18.5 Å². The molecule has 2 aromatic rings. The second kappa shape index (κ2) is 16.0. The Labute approximate surface area is 235 Å². The Hall–Kier alpha value is -3.19. The van der Waals surface area contributed by atoms with E-state index in [0.717, 1.165) is 30.0 Å². The number of aryl methyl sites for hydroxylation is 1. The summed E-state index contributed by atoms with van der Waals surface area (Å²) in [5.74, 6) is 1.18. The van der Waals surface area contributed by atoms with Crippen molar-refractivity contribution in [2.75, 3.05) is 13.6 Å². The molecule has 2 fully saturated rings. The summed E-state index contributed by atoms with van der Waals surface area (Å²) >= 11 is 0. The Morgan fingerprint density at radius 1 is 1.03 bits per heavy atom. The molecule has 2 aromatic carbocycles. The Morgan fingerprint density at radius 3 is 2.31 bits per heavy atom. The third kappa shape index (κ3) is 10.1. The molecule has 216 valence electrons. The van der Waals surface area contributed by atoms with Gasteiger partial charge < -0.3 is 30.9 Å². The molecular formula is C32H49N3O4. The van der Waals surface area contributed by atoms with Gasteiger partial charge in [-0.1, -0.05) is 69.2 Å². The summed E-state index contributed by atoms with van der Waals surface area (Å²) < 4.78 is 0. The van der Waals surface area contributed by atoms with Crippen LogP contribution in [0.2, 0.25) is 0 Å². The third-order valence-corrected chi connectivity index (χ3v) is 7.54. The van der Waals surface area contributed by atoms with Crippen LogP contribution in [0.15, 0.2) is 60.8 Å². The van der Waals surface area contributed by atoms with E-state index >= 15 is 0 Å². The number of carbonyl (C=O) groups is 1. The number of fused-ring (bicyclic) bond motifs is 1. The van der Waals surface area contributed by atoms with Crippen molar-refractivity contribution in [2.24, 2.45) is 11.8 Å². The molecule has 0 bridgehead atoms. The van der Waals surface area contributed by atoms with Crippen molar-refractivity contribution >= 4 is 6.03 Å². The second-order valence-corrected chi connectivity index (χ2v) is 10.4. The van der Waals surface area contributed by atoms with Crippen LogP contribution in [-0.2, 0) is 6.54 Å². The number of rotatable bonds is 4. The standard InChI is InChI=1S/C14H23NO.C9H12N2O.C7H8O2.C2H6/c1-11-14(16)8-3-2-4-13(14)7-9-15(11)10-12-5-6-12;1-10-9(12)11-7-8-5-3-2-4-6-8;1-5-2-3-6(8)7(9)4-5;1-2/h7,9,11-13,16H,2-6,8,10H2,1H3;2-6H,7H2,1H3,(H2,10,11,12);2-4,8-9H,1H3;1-2H3/t11-,13?,14?;;;/m1.../s1. The minimum Gasteiger partial charge on any atom is -0.504 e. The van der Waals surface area contributed by atoms with E-state index in [-0.39, 0.29) is 17.5 Å². The van der Waals surface area contributed by atoms with Gasteiger partial charge in [0.25, 0.3) is 0 Å². The number of hydrogen-bond donors (Lipinski definition) is 5. The minimum absolute atomic E-state index is 0.0602. The van der Waals surface area contributed by atoms with Gasteiger partial charge in [0.05, 0.1) is 11.6 Å². The number of aliphatic hydroxyl groups is 1. The van der Waals surface area contributed by atoms with Crippen LogP contribution < -0.4 is 10.6 Å². The number of urea groups is 1. The number of phenols is 2.